The monoisotopic (exact) mass is 419 g/mol. The Morgan fingerprint density at radius 2 is 2.03 bits per heavy atom. The van der Waals surface area contributed by atoms with E-state index in [0.29, 0.717) is 42.9 Å². The number of benzene rings is 2. The molecule has 1 heterocycles. The molecule has 0 bridgehead atoms. The molecular weight excluding hydrogens is 394 g/mol. The molecule has 1 atom stereocenters. The Morgan fingerprint density at radius 1 is 1.24 bits per heavy atom. The third kappa shape index (κ3) is 5.07. The summed E-state index contributed by atoms with van der Waals surface area (Å²) in [6.45, 7) is 2.13. The van der Waals surface area contributed by atoms with Crippen LogP contribution in [0.3, 0.4) is 0 Å². The van der Waals surface area contributed by atoms with Crippen molar-refractivity contribution in [2.24, 2.45) is 5.14 Å². The molecule has 1 unspecified atom stereocenters. The molecule has 2 aromatic rings. The van der Waals surface area contributed by atoms with Crippen LogP contribution in [0.1, 0.15) is 43.4 Å². The van der Waals surface area contributed by atoms with Gasteiger partial charge in [0.2, 0.25) is 10.0 Å². The molecule has 2 N–H and O–H groups in total. The van der Waals surface area contributed by atoms with Crippen molar-refractivity contribution in [3.8, 4) is 22.6 Å². The number of fused-ring (bicyclic) bond motifs is 3. The number of sulfonamides is 1. The molecule has 0 radical (unpaired) electrons. The van der Waals surface area contributed by atoms with Crippen molar-refractivity contribution in [1.82, 2.24) is 0 Å². The molecule has 0 saturated carbocycles. The quantitative estimate of drug-likeness (QED) is 0.658. The van der Waals surface area contributed by atoms with E-state index in [9.17, 15) is 13.2 Å². The summed E-state index contributed by atoms with van der Waals surface area (Å²) in [6.07, 6.45) is 1.15. The van der Waals surface area contributed by atoms with Crippen LogP contribution in [0.5, 0.6) is 11.5 Å². The number of ether oxygens (including phenoxy) is 3. The Bertz CT molecular complexity index is 1000. The minimum Gasteiger partial charge on any atom is -0.496 e. The molecule has 0 saturated heterocycles. The van der Waals surface area contributed by atoms with Gasteiger partial charge in [-0.3, -0.25) is 4.79 Å². The molecule has 0 fully saturated rings. The van der Waals surface area contributed by atoms with E-state index in [0.717, 1.165) is 16.7 Å². The van der Waals surface area contributed by atoms with Crippen molar-refractivity contribution >= 4 is 16.0 Å². The summed E-state index contributed by atoms with van der Waals surface area (Å²) in [4.78, 5) is 11.7. The molecule has 0 spiro atoms. The Morgan fingerprint density at radius 3 is 2.72 bits per heavy atom. The summed E-state index contributed by atoms with van der Waals surface area (Å²) in [5, 5.41) is 5.21. The van der Waals surface area contributed by atoms with Gasteiger partial charge in [0.1, 0.15) is 17.6 Å². The highest BCUT2D eigenvalue weighted by Gasteiger charge is 2.29. The van der Waals surface area contributed by atoms with E-state index in [1.165, 1.54) is 0 Å². The lowest BCUT2D eigenvalue weighted by Gasteiger charge is -2.30. The lowest BCUT2D eigenvalue weighted by atomic mass is 9.89. The van der Waals surface area contributed by atoms with Crippen molar-refractivity contribution < 1.29 is 27.4 Å². The van der Waals surface area contributed by atoms with Crippen LogP contribution in [0.15, 0.2) is 36.4 Å². The first kappa shape index (κ1) is 21.1. The minimum absolute atomic E-state index is 0.242. The van der Waals surface area contributed by atoms with E-state index in [1.807, 2.05) is 30.3 Å². The van der Waals surface area contributed by atoms with Gasteiger partial charge in [-0.1, -0.05) is 24.3 Å². The second-order valence-corrected chi connectivity index (χ2v) is 8.48. The number of rotatable bonds is 8. The maximum Gasteiger partial charge on any atom is 0.305 e. The number of hydrogen-bond donors (Lipinski definition) is 1. The Hall–Kier alpha value is -2.58. The van der Waals surface area contributed by atoms with E-state index in [2.05, 4.69) is 0 Å². The van der Waals surface area contributed by atoms with Crippen LogP contribution in [0.25, 0.3) is 11.1 Å². The highest BCUT2D eigenvalue weighted by Crippen LogP contribution is 2.48. The molecular formula is C21H25NO6S. The van der Waals surface area contributed by atoms with Gasteiger partial charge in [0.05, 0.1) is 25.0 Å². The predicted octanol–water partition coefficient (Wildman–Crippen LogP) is 3.32. The average molecular weight is 419 g/mol. The number of primary sulfonamides is 1. The summed E-state index contributed by atoms with van der Waals surface area (Å²) >= 11 is 0. The van der Waals surface area contributed by atoms with E-state index < -0.39 is 10.0 Å². The van der Waals surface area contributed by atoms with Crippen LogP contribution in [0.4, 0.5) is 0 Å². The second-order valence-electron chi connectivity index (χ2n) is 6.87. The number of hydrogen-bond acceptors (Lipinski definition) is 6. The fourth-order valence-electron chi connectivity index (χ4n) is 3.57. The van der Waals surface area contributed by atoms with E-state index >= 15 is 0 Å². The normalized spacial score (nSPS) is 15.1. The van der Waals surface area contributed by atoms with Gasteiger partial charge >= 0.3 is 5.97 Å². The SMILES string of the molecule is CCOC(=O)CCCC1Oc2cccc(OC)c2-c2ccc(CS(N)(=O)=O)cc21. The Kier molecular flexibility index (Phi) is 6.44. The molecule has 156 valence electrons. The summed E-state index contributed by atoms with van der Waals surface area (Å²) in [7, 11) is -2.06. The fraction of sp³-hybridized carbons (Fsp3) is 0.381. The molecule has 2 aromatic carbocycles. The lowest BCUT2D eigenvalue weighted by Crippen LogP contribution is -2.18. The molecule has 3 rings (SSSR count). The zero-order valence-electron chi connectivity index (χ0n) is 16.5. The van der Waals surface area contributed by atoms with Crippen LogP contribution in [0, 0.1) is 0 Å². The summed E-state index contributed by atoms with van der Waals surface area (Å²) in [6, 6.07) is 11.0. The van der Waals surface area contributed by atoms with E-state index in [-0.39, 0.29) is 17.8 Å². The minimum atomic E-state index is -3.66. The maximum absolute atomic E-state index is 11.7. The van der Waals surface area contributed by atoms with Crippen molar-refractivity contribution in [1.29, 1.82) is 0 Å². The predicted molar refractivity (Wildman–Crippen MR) is 109 cm³/mol. The van der Waals surface area contributed by atoms with Crippen molar-refractivity contribution in [3.63, 3.8) is 0 Å². The first-order valence-corrected chi connectivity index (χ1v) is 11.2. The third-order valence-electron chi connectivity index (χ3n) is 4.73. The Balaban J connectivity index is 1.95. The van der Waals surface area contributed by atoms with Crippen molar-refractivity contribution in [2.75, 3.05) is 13.7 Å². The van der Waals surface area contributed by atoms with Gasteiger partial charge in [-0.15, -0.1) is 0 Å². The van der Waals surface area contributed by atoms with E-state index in [1.54, 1.807) is 20.1 Å². The number of methoxy groups -OCH3 is 1. The van der Waals surface area contributed by atoms with Crippen LogP contribution in [-0.4, -0.2) is 28.1 Å². The van der Waals surface area contributed by atoms with Gasteiger partial charge < -0.3 is 14.2 Å². The topological polar surface area (TPSA) is 105 Å². The van der Waals surface area contributed by atoms with Crippen LogP contribution in [0.2, 0.25) is 0 Å². The second kappa shape index (κ2) is 8.84. The Labute approximate surface area is 170 Å². The molecule has 0 aromatic heterocycles. The van der Waals surface area contributed by atoms with Gasteiger partial charge in [-0.05, 0) is 43.0 Å². The van der Waals surface area contributed by atoms with Crippen LogP contribution >= 0.6 is 0 Å². The number of carbonyl (C=O) groups excluding carboxylic acids is 1. The van der Waals surface area contributed by atoms with Gasteiger partial charge in [0, 0.05) is 12.0 Å². The van der Waals surface area contributed by atoms with Gasteiger partial charge in [0.25, 0.3) is 0 Å². The first-order valence-electron chi connectivity index (χ1n) is 9.45. The maximum atomic E-state index is 11.7. The zero-order chi connectivity index (χ0) is 21.0. The molecule has 1 aliphatic rings. The number of nitrogens with two attached hydrogens (primary N) is 1. The van der Waals surface area contributed by atoms with Crippen molar-refractivity contribution in [3.05, 3.63) is 47.5 Å². The number of esters is 1. The van der Waals surface area contributed by atoms with Gasteiger partial charge in [-0.25, -0.2) is 13.6 Å². The smallest absolute Gasteiger partial charge is 0.305 e. The highest BCUT2D eigenvalue weighted by molar-refractivity contribution is 7.88. The number of carbonyl (C=O) groups is 1. The standard InChI is InChI=1S/C21H25NO6S/c1-3-27-20(23)9-5-6-17-16-12-14(13-29(22,24)25)10-11-15(16)21-18(26-2)7-4-8-19(21)28-17/h4,7-8,10-12,17H,3,5-6,9,13H2,1-2H3,(H2,22,24,25). The lowest BCUT2D eigenvalue weighted by molar-refractivity contribution is -0.143. The highest BCUT2D eigenvalue weighted by atomic mass is 32.2. The fourth-order valence-corrected chi connectivity index (χ4v) is 4.21. The summed E-state index contributed by atoms with van der Waals surface area (Å²) in [5.74, 6) is 0.868. The summed E-state index contributed by atoms with van der Waals surface area (Å²) in [5.41, 5.74) is 3.19. The third-order valence-corrected chi connectivity index (χ3v) is 5.47. The molecule has 0 amide bonds. The average Bonchev–Trinajstić information content (AvgIpc) is 2.66. The van der Waals surface area contributed by atoms with Crippen molar-refractivity contribution in [2.45, 2.75) is 38.0 Å². The molecule has 0 aliphatic carbocycles. The molecule has 1 aliphatic heterocycles. The zero-order valence-corrected chi connectivity index (χ0v) is 17.3. The molecule has 8 heteroatoms. The first-order chi connectivity index (χ1) is 13.8. The molecule has 7 nitrogen and oxygen atoms in total. The molecule has 29 heavy (non-hydrogen) atoms. The van der Waals surface area contributed by atoms with Crippen LogP contribution in [-0.2, 0) is 25.3 Å². The van der Waals surface area contributed by atoms with Gasteiger partial charge in [-0.2, -0.15) is 0 Å². The van der Waals surface area contributed by atoms with Crippen LogP contribution < -0.4 is 14.6 Å². The van der Waals surface area contributed by atoms with Gasteiger partial charge in [0.15, 0.2) is 0 Å². The van der Waals surface area contributed by atoms with E-state index in [4.69, 9.17) is 19.3 Å². The summed E-state index contributed by atoms with van der Waals surface area (Å²) < 4.78 is 39.8. The largest absolute Gasteiger partial charge is 0.496 e.